The zero-order valence-corrected chi connectivity index (χ0v) is 30.0. The highest BCUT2D eigenvalue weighted by atomic mass is 16.6. The molecule has 0 aliphatic carbocycles. The average Bonchev–Trinajstić information content (AvgIpc) is 3.12. The topological polar surface area (TPSA) is 103 Å². The van der Waals surface area contributed by atoms with E-state index in [0.717, 1.165) is 24.2 Å². The molecule has 0 amide bonds. The van der Waals surface area contributed by atoms with Gasteiger partial charge in [-0.3, -0.25) is 10.1 Å². The number of nitrogens with zero attached hydrogens (tertiary/aromatic N) is 3. The van der Waals surface area contributed by atoms with Crippen LogP contribution in [0.4, 0.5) is 17.1 Å². The van der Waals surface area contributed by atoms with E-state index in [1.165, 1.54) is 108 Å². The van der Waals surface area contributed by atoms with Crippen LogP contribution in [0.15, 0.2) is 77.0 Å². The molecular formula is C41H57N3O5. The van der Waals surface area contributed by atoms with Crippen molar-refractivity contribution in [1.82, 2.24) is 0 Å². The molecule has 3 aromatic rings. The SMILES string of the molecule is CCCCCCCCCCCCCCCCCCOc1ccc(C(=O)Oc2ccc(N=Nc3ccc([N+](=O)[O-])cc3)cc2C(C)CC)cc1. The minimum absolute atomic E-state index is 0.00285. The van der Waals surface area contributed by atoms with E-state index in [4.69, 9.17) is 9.47 Å². The number of rotatable bonds is 25. The van der Waals surface area contributed by atoms with Crippen LogP contribution in [-0.4, -0.2) is 17.5 Å². The molecular weight excluding hydrogens is 614 g/mol. The summed E-state index contributed by atoms with van der Waals surface area (Å²) in [5.74, 6) is 0.921. The lowest BCUT2D eigenvalue weighted by atomic mass is 9.97. The summed E-state index contributed by atoms with van der Waals surface area (Å²) in [6.07, 6.45) is 22.3. The van der Waals surface area contributed by atoms with E-state index in [1.54, 1.807) is 36.4 Å². The number of benzene rings is 3. The summed E-state index contributed by atoms with van der Waals surface area (Å²) in [6, 6.07) is 18.3. The van der Waals surface area contributed by atoms with Crippen LogP contribution in [0, 0.1) is 10.1 Å². The molecule has 0 bridgehead atoms. The Balaban J connectivity index is 1.34. The van der Waals surface area contributed by atoms with Gasteiger partial charge in [-0.15, -0.1) is 0 Å². The minimum atomic E-state index is -0.454. The van der Waals surface area contributed by atoms with Crippen molar-refractivity contribution in [2.45, 2.75) is 136 Å². The number of esters is 1. The second-order valence-corrected chi connectivity index (χ2v) is 13.1. The number of nitro groups is 1. The van der Waals surface area contributed by atoms with Crippen LogP contribution in [0.2, 0.25) is 0 Å². The number of carbonyl (C=O) groups is 1. The Labute approximate surface area is 293 Å². The molecule has 0 fully saturated rings. The third-order valence-corrected chi connectivity index (χ3v) is 9.04. The van der Waals surface area contributed by atoms with Gasteiger partial charge in [0.1, 0.15) is 11.5 Å². The smallest absolute Gasteiger partial charge is 0.343 e. The molecule has 0 aliphatic heterocycles. The highest BCUT2D eigenvalue weighted by Crippen LogP contribution is 2.34. The zero-order chi connectivity index (χ0) is 35.1. The van der Waals surface area contributed by atoms with Crippen molar-refractivity contribution in [2.24, 2.45) is 10.2 Å². The lowest BCUT2D eigenvalue weighted by Gasteiger charge is -2.15. The maximum absolute atomic E-state index is 13.0. The predicted molar refractivity (Wildman–Crippen MR) is 199 cm³/mol. The van der Waals surface area contributed by atoms with Crippen molar-refractivity contribution in [3.8, 4) is 11.5 Å². The maximum atomic E-state index is 13.0. The second-order valence-electron chi connectivity index (χ2n) is 13.1. The molecule has 0 N–H and O–H groups in total. The van der Waals surface area contributed by atoms with E-state index in [1.807, 2.05) is 18.2 Å². The minimum Gasteiger partial charge on any atom is -0.494 e. The first-order valence-corrected chi connectivity index (χ1v) is 18.7. The molecule has 0 aromatic heterocycles. The molecule has 8 heteroatoms. The van der Waals surface area contributed by atoms with Gasteiger partial charge in [0.15, 0.2) is 0 Å². The Hall–Kier alpha value is -4.07. The van der Waals surface area contributed by atoms with Crippen LogP contribution in [0.5, 0.6) is 11.5 Å². The molecule has 0 radical (unpaired) electrons. The quantitative estimate of drug-likeness (QED) is 0.0223. The standard InChI is InChI=1S/C41H57N3O5/c1-4-6-7-8-9-10-11-12-13-14-15-16-17-18-19-20-31-48-38-28-21-34(22-29-38)41(45)49-40-30-25-36(32-39(40)33(3)5-2)43-42-35-23-26-37(27-24-35)44(46)47/h21-30,32-33H,4-20,31H2,1-3H3. The van der Waals surface area contributed by atoms with Crippen LogP contribution in [0.25, 0.3) is 0 Å². The molecule has 1 unspecified atom stereocenters. The second kappa shape index (κ2) is 23.3. The Kier molecular flexibility index (Phi) is 18.7. The number of carbonyl (C=O) groups excluding carboxylic acids is 1. The number of hydrogen-bond acceptors (Lipinski definition) is 7. The van der Waals surface area contributed by atoms with Crippen molar-refractivity contribution in [3.63, 3.8) is 0 Å². The van der Waals surface area contributed by atoms with Crippen LogP contribution in [-0.2, 0) is 0 Å². The number of hydrogen-bond donors (Lipinski definition) is 0. The Morgan fingerprint density at radius 3 is 1.73 bits per heavy atom. The molecule has 0 saturated carbocycles. The third-order valence-electron chi connectivity index (χ3n) is 9.04. The van der Waals surface area contributed by atoms with Crippen molar-refractivity contribution >= 4 is 23.0 Å². The summed E-state index contributed by atoms with van der Waals surface area (Å²) < 4.78 is 11.8. The summed E-state index contributed by atoms with van der Waals surface area (Å²) in [7, 11) is 0. The molecule has 0 saturated heterocycles. The first-order valence-electron chi connectivity index (χ1n) is 18.7. The first-order chi connectivity index (χ1) is 23.9. The van der Waals surface area contributed by atoms with Crippen molar-refractivity contribution < 1.29 is 19.2 Å². The van der Waals surface area contributed by atoms with E-state index < -0.39 is 10.9 Å². The van der Waals surface area contributed by atoms with Gasteiger partial charge in [0.25, 0.3) is 5.69 Å². The van der Waals surface area contributed by atoms with Crippen molar-refractivity contribution in [3.05, 3.63) is 88.0 Å². The van der Waals surface area contributed by atoms with Gasteiger partial charge in [-0.05, 0) is 78.9 Å². The van der Waals surface area contributed by atoms with Crippen molar-refractivity contribution in [1.29, 1.82) is 0 Å². The highest BCUT2D eigenvalue weighted by Gasteiger charge is 2.16. The van der Waals surface area contributed by atoms with Crippen LogP contribution < -0.4 is 9.47 Å². The van der Waals surface area contributed by atoms with Gasteiger partial charge in [-0.2, -0.15) is 10.2 Å². The highest BCUT2D eigenvalue weighted by molar-refractivity contribution is 5.91. The fourth-order valence-corrected chi connectivity index (χ4v) is 5.74. The van der Waals surface area contributed by atoms with E-state index in [0.29, 0.717) is 29.3 Å². The predicted octanol–water partition coefficient (Wildman–Crippen LogP) is 13.4. The summed E-state index contributed by atoms with van der Waals surface area (Å²) >= 11 is 0. The van der Waals surface area contributed by atoms with Gasteiger partial charge in [-0.1, -0.05) is 117 Å². The van der Waals surface area contributed by atoms with Gasteiger partial charge < -0.3 is 9.47 Å². The molecule has 0 spiro atoms. The molecule has 266 valence electrons. The molecule has 49 heavy (non-hydrogen) atoms. The van der Waals surface area contributed by atoms with E-state index >= 15 is 0 Å². The maximum Gasteiger partial charge on any atom is 0.343 e. The molecule has 0 heterocycles. The van der Waals surface area contributed by atoms with E-state index in [2.05, 4.69) is 31.0 Å². The average molecular weight is 672 g/mol. The summed E-state index contributed by atoms with van der Waals surface area (Å²) in [6.45, 7) is 7.09. The Bertz CT molecular complexity index is 1410. The molecule has 3 rings (SSSR count). The van der Waals surface area contributed by atoms with E-state index in [-0.39, 0.29) is 11.6 Å². The van der Waals surface area contributed by atoms with Gasteiger partial charge in [0, 0.05) is 12.1 Å². The fraction of sp³-hybridized carbons (Fsp3) is 0.537. The Morgan fingerprint density at radius 1 is 0.694 bits per heavy atom. The molecule has 0 aliphatic rings. The molecule has 8 nitrogen and oxygen atoms in total. The van der Waals surface area contributed by atoms with Crippen LogP contribution in [0.1, 0.15) is 152 Å². The summed E-state index contributed by atoms with van der Waals surface area (Å²) in [4.78, 5) is 23.5. The number of nitro benzene ring substituents is 1. The van der Waals surface area contributed by atoms with Crippen molar-refractivity contribution in [2.75, 3.05) is 6.61 Å². The van der Waals surface area contributed by atoms with Crippen LogP contribution in [0.3, 0.4) is 0 Å². The normalized spacial score (nSPS) is 11.9. The first kappa shape index (κ1) is 39.4. The zero-order valence-electron chi connectivity index (χ0n) is 30.0. The lowest BCUT2D eigenvalue weighted by molar-refractivity contribution is -0.384. The Morgan fingerprint density at radius 2 is 1.20 bits per heavy atom. The molecule has 3 aromatic carbocycles. The largest absolute Gasteiger partial charge is 0.494 e. The number of ether oxygens (including phenoxy) is 2. The number of unbranched alkanes of at least 4 members (excludes halogenated alkanes) is 15. The molecule has 1 atom stereocenters. The van der Waals surface area contributed by atoms with Gasteiger partial charge >= 0.3 is 5.97 Å². The van der Waals surface area contributed by atoms with Gasteiger partial charge in [-0.25, -0.2) is 4.79 Å². The number of azo groups is 1. The lowest BCUT2D eigenvalue weighted by Crippen LogP contribution is -2.10. The summed E-state index contributed by atoms with van der Waals surface area (Å²) in [5.41, 5.74) is 2.40. The van der Waals surface area contributed by atoms with Gasteiger partial charge in [0.2, 0.25) is 0 Å². The van der Waals surface area contributed by atoms with E-state index in [9.17, 15) is 14.9 Å². The third kappa shape index (κ3) is 15.4. The fourth-order valence-electron chi connectivity index (χ4n) is 5.74. The number of non-ortho nitro benzene ring substituents is 1. The summed E-state index contributed by atoms with van der Waals surface area (Å²) in [5, 5.41) is 19.4. The monoisotopic (exact) mass is 671 g/mol. The van der Waals surface area contributed by atoms with Gasteiger partial charge in [0.05, 0.1) is 28.5 Å². The van der Waals surface area contributed by atoms with Crippen LogP contribution >= 0.6 is 0 Å².